The van der Waals surface area contributed by atoms with Crippen LogP contribution in [0.3, 0.4) is 0 Å². The molecule has 1 aromatic carbocycles. The number of aromatic nitrogens is 1. The van der Waals surface area contributed by atoms with Crippen LogP contribution >= 0.6 is 28.6 Å². The molecule has 0 saturated heterocycles. The van der Waals surface area contributed by atoms with Gasteiger partial charge in [-0.05, 0) is 27.6 Å². The maximum atomic E-state index is 12.7. The van der Waals surface area contributed by atoms with Crippen molar-refractivity contribution in [3.05, 3.63) is 34.4 Å². The van der Waals surface area contributed by atoms with E-state index >= 15 is 0 Å². The van der Waals surface area contributed by atoms with E-state index in [0.29, 0.717) is 12.3 Å². The van der Waals surface area contributed by atoms with Crippen LogP contribution in [0, 0.1) is 0 Å². The molecule has 106 valence electrons. The minimum Gasteiger partial charge on any atom is -0.360 e. The summed E-state index contributed by atoms with van der Waals surface area (Å²) >= 11 is 7.42. The standard InChI is InChI=1S/C13H13BrFN3OS/c14-10-3-1-2-9-8(7-17-12(9)10)6-11(18-15)13(19)16-4-5-20/h1-3,7,17,20H,4-6H2,(H,16,19). The zero-order chi connectivity index (χ0) is 14.5. The SMILES string of the molecule is O=C(NCCS)C(Cc1c[nH]c2c(Br)cccc12)=NF. The molecule has 1 heterocycles. The third-order valence-electron chi connectivity index (χ3n) is 2.87. The number of fused-ring (bicyclic) bond motifs is 1. The first-order valence-electron chi connectivity index (χ1n) is 5.98. The van der Waals surface area contributed by atoms with E-state index in [4.69, 9.17) is 0 Å². The zero-order valence-corrected chi connectivity index (χ0v) is 13.0. The Balaban J connectivity index is 2.22. The number of rotatable bonds is 5. The lowest BCUT2D eigenvalue weighted by Crippen LogP contribution is -2.33. The van der Waals surface area contributed by atoms with Crippen molar-refractivity contribution in [1.82, 2.24) is 10.3 Å². The third-order valence-corrected chi connectivity index (χ3v) is 3.75. The molecule has 0 spiro atoms. The summed E-state index contributed by atoms with van der Waals surface area (Å²) in [6.07, 6.45) is 1.89. The van der Waals surface area contributed by atoms with E-state index in [1.807, 2.05) is 18.2 Å². The molecule has 0 radical (unpaired) electrons. The normalized spacial score (nSPS) is 11.8. The van der Waals surface area contributed by atoms with Gasteiger partial charge >= 0.3 is 0 Å². The lowest BCUT2D eigenvalue weighted by atomic mass is 10.1. The van der Waals surface area contributed by atoms with E-state index < -0.39 is 5.91 Å². The molecule has 0 saturated carbocycles. The van der Waals surface area contributed by atoms with Crippen LogP contribution in [0.5, 0.6) is 0 Å². The number of benzene rings is 1. The van der Waals surface area contributed by atoms with E-state index in [1.165, 1.54) is 0 Å². The molecule has 1 aromatic heterocycles. The van der Waals surface area contributed by atoms with Crippen molar-refractivity contribution in [2.75, 3.05) is 12.3 Å². The Kier molecular flexibility index (Phi) is 5.19. The van der Waals surface area contributed by atoms with Gasteiger partial charge in [0.25, 0.3) is 5.91 Å². The number of thiol groups is 1. The molecular weight excluding hydrogens is 345 g/mol. The Morgan fingerprint density at radius 2 is 2.30 bits per heavy atom. The molecule has 2 N–H and O–H groups in total. The summed E-state index contributed by atoms with van der Waals surface area (Å²) in [5, 5.41) is 6.08. The number of carbonyl (C=O) groups excluding carboxylic acids is 1. The van der Waals surface area contributed by atoms with Gasteiger partial charge in [0.1, 0.15) is 5.71 Å². The first-order valence-corrected chi connectivity index (χ1v) is 7.41. The maximum absolute atomic E-state index is 12.7. The van der Waals surface area contributed by atoms with E-state index in [9.17, 15) is 9.28 Å². The van der Waals surface area contributed by atoms with Crippen LogP contribution in [-0.2, 0) is 11.2 Å². The van der Waals surface area contributed by atoms with Gasteiger partial charge < -0.3 is 10.3 Å². The predicted molar refractivity (Wildman–Crippen MR) is 85.1 cm³/mol. The van der Waals surface area contributed by atoms with Crippen molar-refractivity contribution in [2.24, 2.45) is 5.21 Å². The van der Waals surface area contributed by atoms with Gasteiger partial charge in [-0.25, -0.2) is 0 Å². The predicted octanol–water partition coefficient (Wildman–Crippen LogP) is 2.84. The Morgan fingerprint density at radius 1 is 1.50 bits per heavy atom. The fraction of sp³-hybridized carbons (Fsp3) is 0.231. The Hall–Kier alpha value is -1.34. The summed E-state index contributed by atoms with van der Waals surface area (Å²) in [5.74, 6) is -0.0170. The van der Waals surface area contributed by atoms with Crippen LogP contribution < -0.4 is 5.32 Å². The third kappa shape index (κ3) is 3.21. The number of carbonyl (C=O) groups is 1. The van der Waals surface area contributed by atoms with Gasteiger partial charge in [-0.15, -0.1) is 0 Å². The number of nitrogens with zero attached hydrogens (tertiary/aromatic N) is 1. The van der Waals surface area contributed by atoms with Gasteiger partial charge in [0, 0.05) is 34.8 Å². The number of para-hydroxylation sites is 1. The second-order valence-corrected chi connectivity index (χ2v) is 5.47. The van der Waals surface area contributed by atoms with Crippen molar-refractivity contribution in [1.29, 1.82) is 0 Å². The Labute approximate surface area is 129 Å². The van der Waals surface area contributed by atoms with Crippen LogP contribution in [0.1, 0.15) is 5.56 Å². The fourth-order valence-corrected chi connectivity index (χ4v) is 2.51. The monoisotopic (exact) mass is 357 g/mol. The van der Waals surface area contributed by atoms with Gasteiger partial charge in [-0.1, -0.05) is 21.8 Å². The number of nitrogens with one attached hydrogen (secondary N) is 2. The van der Waals surface area contributed by atoms with Crippen LogP contribution in [0.2, 0.25) is 0 Å². The smallest absolute Gasteiger partial charge is 0.268 e. The van der Waals surface area contributed by atoms with Gasteiger partial charge in [0.05, 0.1) is 5.52 Å². The van der Waals surface area contributed by atoms with Crippen LogP contribution in [0.4, 0.5) is 4.48 Å². The van der Waals surface area contributed by atoms with Gasteiger partial charge in [0.2, 0.25) is 0 Å². The lowest BCUT2D eigenvalue weighted by molar-refractivity contribution is -0.114. The molecule has 1 amide bonds. The van der Waals surface area contributed by atoms with Gasteiger partial charge in [0.15, 0.2) is 0 Å². The molecule has 0 bridgehead atoms. The average molecular weight is 358 g/mol. The van der Waals surface area contributed by atoms with E-state index in [-0.39, 0.29) is 12.1 Å². The minimum atomic E-state index is -0.508. The van der Waals surface area contributed by atoms with Crippen LogP contribution in [-0.4, -0.2) is 28.9 Å². The van der Waals surface area contributed by atoms with Crippen molar-refractivity contribution >= 4 is 51.1 Å². The molecule has 0 aliphatic heterocycles. The van der Waals surface area contributed by atoms with Gasteiger partial charge in [-0.3, -0.25) is 4.79 Å². The first kappa shape index (κ1) is 15.1. The minimum absolute atomic E-state index is 0.130. The lowest BCUT2D eigenvalue weighted by Gasteiger charge is -2.04. The van der Waals surface area contributed by atoms with Crippen molar-refractivity contribution < 1.29 is 9.28 Å². The Morgan fingerprint density at radius 3 is 3.00 bits per heavy atom. The topological polar surface area (TPSA) is 57.2 Å². The molecule has 0 unspecified atom stereocenters. The quantitative estimate of drug-likeness (QED) is 0.559. The zero-order valence-electron chi connectivity index (χ0n) is 10.5. The molecule has 0 atom stereocenters. The number of halogens is 2. The van der Waals surface area contributed by atoms with Crippen molar-refractivity contribution in [2.45, 2.75) is 6.42 Å². The summed E-state index contributed by atoms with van der Waals surface area (Å²) in [7, 11) is 0. The largest absolute Gasteiger partial charge is 0.360 e. The number of amides is 1. The maximum Gasteiger partial charge on any atom is 0.268 e. The first-order chi connectivity index (χ1) is 9.67. The van der Waals surface area contributed by atoms with Crippen molar-refractivity contribution in [3.63, 3.8) is 0 Å². The molecule has 0 aliphatic carbocycles. The summed E-state index contributed by atoms with van der Waals surface area (Å²) in [6, 6.07) is 5.70. The molecule has 4 nitrogen and oxygen atoms in total. The fourth-order valence-electron chi connectivity index (χ4n) is 1.92. The Bertz CT molecular complexity index is 656. The molecular formula is C13H13BrFN3OS. The second kappa shape index (κ2) is 6.90. The highest BCUT2D eigenvalue weighted by Gasteiger charge is 2.15. The molecule has 0 fully saturated rings. The van der Waals surface area contributed by atoms with Gasteiger partial charge in [-0.2, -0.15) is 12.6 Å². The molecule has 0 aliphatic rings. The number of hydrogen-bond donors (Lipinski definition) is 3. The number of aromatic amines is 1. The van der Waals surface area contributed by atoms with E-state index in [2.05, 4.69) is 44.1 Å². The van der Waals surface area contributed by atoms with Crippen LogP contribution in [0.15, 0.2) is 34.1 Å². The highest BCUT2D eigenvalue weighted by Crippen LogP contribution is 2.26. The molecule has 20 heavy (non-hydrogen) atoms. The van der Waals surface area contributed by atoms with Crippen LogP contribution in [0.25, 0.3) is 10.9 Å². The summed E-state index contributed by atoms with van der Waals surface area (Å²) in [5.41, 5.74) is 1.59. The van der Waals surface area contributed by atoms with E-state index in [1.54, 1.807) is 6.20 Å². The summed E-state index contributed by atoms with van der Waals surface area (Å²) in [6.45, 7) is 0.375. The average Bonchev–Trinajstić information content (AvgIpc) is 2.86. The highest BCUT2D eigenvalue weighted by molar-refractivity contribution is 9.10. The number of H-pyrrole nitrogens is 1. The van der Waals surface area contributed by atoms with Crippen molar-refractivity contribution in [3.8, 4) is 0 Å². The molecule has 2 rings (SSSR count). The second-order valence-electron chi connectivity index (χ2n) is 4.16. The summed E-state index contributed by atoms with van der Waals surface area (Å²) < 4.78 is 13.6. The highest BCUT2D eigenvalue weighted by atomic mass is 79.9. The van der Waals surface area contributed by atoms with E-state index in [0.717, 1.165) is 20.9 Å². The molecule has 2 aromatic rings. The molecule has 7 heteroatoms. The summed E-state index contributed by atoms with van der Waals surface area (Å²) in [4.78, 5) is 14.8. The number of hydrogen-bond acceptors (Lipinski definition) is 3.